The first-order valence-electron chi connectivity index (χ1n) is 7.41. The molecule has 1 aromatic carbocycles. The average molecular weight is 255 g/mol. The number of aromatic amines is 1. The average Bonchev–Trinajstić information content (AvgIpc) is 2.89. The first-order chi connectivity index (χ1) is 9.43. The summed E-state index contributed by atoms with van der Waals surface area (Å²) in [6, 6.07) is 10.2. The summed E-state index contributed by atoms with van der Waals surface area (Å²) in [5.74, 6) is 2.49. The van der Waals surface area contributed by atoms with Gasteiger partial charge in [-0.3, -0.25) is 5.10 Å². The molecule has 1 aliphatic rings. The van der Waals surface area contributed by atoms with Gasteiger partial charge in [-0.1, -0.05) is 62.4 Å². The molecule has 1 N–H and O–H groups in total. The van der Waals surface area contributed by atoms with E-state index in [9.17, 15) is 0 Å². The van der Waals surface area contributed by atoms with Crippen LogP contribution in [0.15, 0.2) is 30.3 Å². The minimum absolute atomic E-state index is 0.574. The van der Waals surface area contributed by atoms with Crippen molar-refractivity contribution in [1.29, 1.82) is 0 Å². The number of H-pyrrole nitrogens is 1. The van der Waals surface area contributed by atoms with Crippen LogP contribution in [0.5, 0.6) is 0 Å². The first-order valence-corrected chi connectivity index (χ1v) is 7.41. The Balaban J connectivity index is 1.76. The van der Waals surface area contributed by atoms with Crippen LogP contribution in [0.4, 0.5) is 0 Å². The number of rotatable bonds is 2. The Morgan fingerprint density at radius 1 is 0.895 bits per heavy atom. The van der Waals surface area contributed by atoms with Crippen LogP contribution in [0.1, 0.15) is 56.7 Å². The molecular weight excluding hydrogens is 234 g/mol. The molecule has 0 bridgehead atoms. The third-order valence-electron chi connectivity index (χ3n) is 4.03. The first kappa shape index (κ1) is 12.4. The van der Waals surface area contributed by atoms with Crippen LogP contribution >= 0.6 is 0 Å². The van der Waals surface area contributed by atoms with Crippen molar-refractivity contribution < 1.29 is 0 Å². The SMILES string of the molecule is c1ccc(-c2n[nH]c(C3CCCCCCC3)n2)cc1. The molecule has 1 heterocycles. The van der Waals surface area contributed by atoms with Crippen molar-refractivity contribution >= 4 is 0 Å². The molecule has 0 unspecified atom stereocenters. The fraction of sp³-hybridized carbons (Fsp3) is 0.500. The second-order valence-corrected chi connectivity index (χ2v) is 5.45. The largest absolute Gasteiger partial charge is 0.262 e. The summed E-state index contributed by atoms with van der Waals surface area (Å²) in [7, 11) is 0. The standard InChI is InChI=1S/C16H21N3/c1-2-5-9-13(10-6-3-1)15-17-16(19-18-15)14-11-7-4-8-12-14/h4,7-8,11-13H,1-3,5-6,9-10H2,(H,17,18,19). The Kier molecular flexibility index (Phi) is 3.92. The van der Waals surface area contributed by atoms with Crippen molar-refractivity contribution in [2.45, 2.75) is 50.9 Å². The zero-order valence-corrected chi connectivity index (χ0v) is 11.3. The molecule has 1 fully saturated rings. The maximum Gasteiger partial charge on any atom is 0.181 e. The summed E-state index contributed by atoms with van der Waals surface area (Å²) >= 11 is 0. The molecule has 2 aromatic rings. The van der Waals surface area contributed by atoms with Crippen LogP contribution in [0.2, 0.25) is 0 Å². The Morgan fingerprint density at radius 2 is 1.58 bits per heavy atom. The monoisotopic (exact) mass is 255 g/mol. The molecule has 0 amide bonds. The number of benzene rings is 1. The Bertz CT molecular complexity index is 496. The van der Waals surface area contributed by atoms with Gasteiger partial charge in [0.1, 0.15) is 5.82 Å². The lowest BCUT2D eigenvalue weighted by Gasteiger charge is -2.16. The van der Waals surface area contributed by atoms with Gasteiger partial charge in [0.2, 0.25) is 0 Å². The van der Waals surface area contributed by atoms with Gasteiger partial charge in [0, 0.05) is 11.5 Å². The van der Waals surface area contributed by atoms with E-state index in [0.29, 0.717) is 5.92 Å². The van der Waals surface area contributed by atoms with E-state index in [-0.39, 0.29) is 0 Å². The van der Waals surface area contributed by atoms with Gasteiger partial charge in [-0.15, -0.1) is 0 Å². The highest BCUT2D eigenvalue weighted by Gasteiger charge is 2.17. The van der Waals surface area contributed by atoms with E-state index < -0.39 is 0 Å². The van der Waals surface area contributed by atoms with Gasteiger partial charge < -0.3 is 0 Å². The van der Waals surface area contributed by atoms with Crippen molar-refractivity contribution in [2.24, 2.45) is 0 Å². The molecule has 19 heavy (non-hydrogen) atoms. The van der Waals surface area contributed by atoms with Crippen LogP contribution in [-0.2, 0) is 0 Å². The van der Waals surface area contributed by atoms with E-state index in [1.54, 1.807) is 0 Å². The molecule has 0 atom stereocenters. The molecule has 0 spiro atoms. The third-order valence-corrected chi connectivity index (χ3v) is 4.03. The lowest BCUT2D eigenvalue weighted by molar-refractivity contribution is 0.443. The van der Waals surface area contributed by atoms with Gasteiger partial charge in [-0.05, 0) is 12.8 Å². The zero-order chi connectivity index (χ0) is 12.9. The minimum atomic E-state index is 0.574. The van der Waals surface area contributed by atoms with E-state index in [1.165, 1.54) is 44.9 Å². The van der Waals surface area contributed by atoms with E-state index in [1.807, 2.05) is 18.2 Å². The predicted molar refractivity (Wildman–Crippen MR) is 76.9 cm³/mol. The highest BCUT2D eigenvalue weighted by atomic mass is 15.2. The summed E-state index contributed by atoms with van der Waals surface area (Å²) in [6.07, 6.45) is 9.30. The van der Waals surface area contributed by atoms with Crippen molar-refractivity contribution in [3.8, 4) is 11.4 Å². The molecule has 1 saturated carbocycles. The van der Waals surface area contributed by atoms with Gasteiger partial charge in [-0.25, -0.2) is 4.98 Å². The fourth-order valence-corrected chi connectivity index (χ4v) is 2.90. The molecule has 0 aliphatic heterocycles. The number of aromatic nitrogens is 3. The number of hydrogen-bond donors (Lipinski definition) is 1. The second kappa shape index (κ2) is 6.00. The Labute approximate surface area is 114 Å². The molecule has 0 saturated heterocycles. The molecule has 3 nitrogen and oxygen atoms in total. The second-order valence-electron chi connectivity index (χ2n) is 5.45. The maximum atomic E-state index is 4.71. The number of nitrogens with zero attached hydrogens (tertiary/aromatic N) is 2. The van der Waals surface area contributed by atoms with Crippen molar-refractivity contribution in [1.82, 2.24) is 15.2 Å². The van der Waals surface area contributed by atoms with E-state index >= 15 is 0 Å². The van der Waals surface area contributed by atoms with Gasteiger partial charge in [0.15, 0.2) is 5.82 Å². The van der Waals surface area contributed by atoms with Gasteiger partial charge >= 0.3 is 0 Å². The maximum absolute atomic E-state index is 4.71. The smallest absolute Gasteiger partial charge is 0.181 e. The minimum Gasteiger partial charge on any atom is -0.262 e. The quantitative estimate of drug-likeness (QED) is 0.869. The summed E-state index contributed by atoms with van der Waals surface area (Å²) < 4.78 is 0. The zero-order valence-electron chi connectivity index (χ0n) is 11.3. The summed E-state index contributed by atoms with van der Waals surface area (Å²) in [5.41, 5.74) is 1.09. The lowest BCUT2D eigenvalue weighted by atomic mass is 9.91. The third kappa shape index (κ3) is 3.03. The highest BCUT2D eigenvalue weighted by molar-refractivity contribution is 5.53. The fourth-order valence-electron chi connectivity index (χ4n) is 2.90. The van der Waals surface area contributed by atoms with E-state index in [2.05, 4.69) is 22.3 Å². The topological polar surface area (TPSA) is 41.6 Å². The lowest BCUT2D eigenvalue weighted by Crippen LogP contribution is -2.04. The number of nitrogens with one attached hydrogen (secondary N) is 1. The van der Waals surface area contributed by atoms with Gasteiger partial charge in [0.25, 0.3) is 0 Å². The molecule has 100 valence electrons. The van der Waals surface area contributed by atoms with Crippen LogP contribution in [0.25, 0.3) is 11.4 Å². The summed E-state index contributed by atoms with van der Waals surface area (Å²) in [6.45, 7) is 0. The van der Waals surface area contributed by atoms with Crippen LogP contribution in [0, 0.1) is 0 Å². The van der Waals surface area contributed by atoms with Crippen molar-refractivity contribution in [3.63, 3.8) is 0 Å². The molecule has 0 radical (unpaired) electrons. The summed E-state index contributed by atoms with van der Waals surface area (Å²) in [4.78, 5) is 4.71. The van der Waals surface area contributed by atoms with E-state index in [4.69, 9.17) is 4.98 Å². The van der Waals surface area contributed by atoms with E-state index in [0.717, 1.165) is 17.2 Å². The summed E-state index contributed by atoms with van der Waals surface area (Å²) in [5, 5.41) is 7.54. The molecule has 3 heteroatoms. The van der Waals surface area contributed by atoms with Gasteiger partial charge in [0.05, 0.1) is 0 Å². The molecule has 1 aliphatic carbocycles. The molecular formula is C16H21N3. The van der Waals surface area contributed by atoms with Crippen molar-refractivity contribution in [2.75, 3.05) is 0 Å². The van der Waals surface area contributed by atoms with Crippen LogP contribution in [0.3, 0.4) is 0 Å². The van der Waals surface area contributed by atoms with Crippen LogP contribution in [-0.4, -0.2) is 15.2 Å². The molecule has 3 rings (SSSR count). The Hall–Kier alpha value is -1.64. The highest BCUT2D eigenvalue weighted by Crippen LogP contribution is 2.29. The normalized spacial score (nSPS) is 17.9. The number of hydrogen-bond acceptors (Lipinski definition) is 2. The van der Waals surface area contributed by atoms with Crippen molar-refractivity contribution in [3.05, 3.63) is 36.2 Å². The predicted octanol–water partition coefficient (Wildman–Crippen LogP) is 4.30. The van der Waals surface area contributed by atoms with Crippen LogP contribution < -0.4 is 0 Å². The van der Waals surface area contributed by atoms with Gasteiger partial charge in [-0.2, -0.15) is 5.10 Å². The Morgan fingerprint density at radius 3 is 2.32 bits per heavy atom. The molecule has 1 aromatic heterocycles.